The van der Waals surface area contributed by atoms with Gasteiger partial charge in [0, 0.05) is 18.6 Å². The zero-order chi connectivity index (χ0) is 12.7. The van der Waals surface area contributed by atoms with Crippen LogP contribution in [0.1, 0.15) is 39.5 Å². The van der Waals surface area contributed by atoms with Crippen LogP contribution in [0, 0.1) is 5.41 Å². The molecule has 0 atom stereocenters. The van der Waals surface area contributed by atoms with Gasteiger partial charge >= 0.3 is 0 Å². The van der Waals surface area contributed by atoms with Gasteiger partial charge in [0.05, 0.1) is 11.6 Å². The lowest BCUT2D eigenvalue weighted by molar-refractivity contribution is 0.0821. The van der Waals surface area contributed by atoms with Crippen molar-refractivity contribution in [2.45, 2.75) is 39.5 Å². The Morgan fingerprint density at radius 3 is 2.53 bits per heavy atom. The number of unbranched alkanes of at least 4 members (excludes halogenated alkanes) is 1. The van der Waals surface area contributed by atoms with Crippen molar-refractivity contribution in [3.63, 3.8) is 0 Å². The fourth-order valence-electron chi connectivity index (χ4n) is 2.06. The second kappa shape index (κ2) is 7.29. The Bertz CT molecular complexity index is 238. The third-order valence-corrected chi connectivity index (χ3v) is 4.24. The Kier molecular flexibility index (Phi) is 6.38. The summed E-state index contributed by atoms with van der Waals surface area (Å²) in [6.07, 6.45) is 4.53. The van der Waals surface area contributed by atoms with Crippen molar-refractivity contribution in [2.75, 3.05) is 32.8 Å². The molecule has 0 unspecified atom stereocenters. The van der Waals surface area contributed by atoms with Gasteiger partial charge in [-0.1, -0.05) is 32.5 Å². The van der Waals surface area contributed by atoms with Crippen molar-refractivity contribution in [1.82, 2.24) is 4.90 Å². The number of thiocarbonyl (C=S) groups is 1. The molecule has 0 radical (unpaired) electrons. The van der Waals surface area contributed by atoms with Crippen LogP contribution in [0.3, 0.4) is 0 Å². The minimum Gasteiger partial charge on any atom is -0.393 e. The van der Waals surface area contributed by atoms with Crippen LogP contribution in [0.25, 0.3) is 0 Å². The molecule has 0 saturated carbocycles. The van der Waals surface area contributed by atoms with Gasteiger partial charge in [0.15, 0.2) is 0 Å². The number of likely N-dealkylation sites (tertiary alicyclic amines) is 1. The van der Waals surface area contributed by atoms with Gasteiger partial charge in [-0.05, 0) is 32.4 Å². The summed E-state index contributed by atoms with van der Waals surface area (Å²) in [5.74, 6) is 0. The van der Waals surface area contributed by atoms with E-state index in [2.05, 4.69) is 18.7 Å². The molecular weight excluding hydrogens is 232 g/mol. The number of hydrogen-bond acceptors (Lipinski definition) is 3. The van der Waals surface area contributed by atoms with Crippen molar-refractivity contribution < 1.29 is 4.74 Å². The molecule has 1 rings (SSSR count). The largest absolute Gasteiger partial charge is 0.393 e. The number of piperidine rings is 1. The van der Waals surface area contributed by atoms with Gasteiger partial charge in [-0.3, -0.25) is 0 Å². The first kappa shape index (κ1) is 14.9. The zero-order valence-corrected chi connectivity index (χ0v) is 12.0. The summed E-state index contributed by atoms with van der Waals surface area (Å²) >= 11 is 5.14. The molecule has 0 aromatic heterocycles. The summed E-state index contributed by atoms with van der Waals surface area (Å²) in [7, 11) is 0. The second-order valence-corrected chi connectivity index (χ2v) is 5.67. The molecule has 0 aromatic rings. The highest BCUT2D eigenvalue weighted by Crippen LogP contribution is 2.30. The molecule has 0 bridgehead atoms. The van der Waals surface area contributed by atoms with E-state index in [9.17, 15) is 0 Å². The Morgan fingerprint density at radius 2 is 2.00 bits per heavy atom. The summed E-state index contributed by atoms with van der Waals surface area (Å²) in [4.78, 5) is 3.13. The second-order valence-electron chi connectivity index (χ2n) is 5.23. The number of nitrogens with zero attached hydrogens (tertiary/aromatic N) is 1. The van der Waals surface area contributed by atoms with E-state index in [-0.39, 0.29) is 5.41 Å². The maximum Gasteiger partial charge on any atom is 0.0788 e. The number of rotatable bonds is 7. The van der Waals surface area contributed by atoms with Crippen molar-refractivity contribution in [2.24, 2.45) is 11.1 Å². The average Bonchev–Trinajstić information content (AvgIpc) is 2.31. The fourth-order valence-corrected chi connectivity index (χ4v) is 2.26. The molecular formula is C13H26N2OS. The first-order valence-electron chi connectivity index (χ1n) is 6.68. The zero-order valence-electron chi connectivity index (χ0n) is 11.2. The Morgan fingerprint density at radius 1 is 1.35 bits per heavy atom. The van der Waals surface area contributed by atoms with Crippen molar-refractivity contribution >= 4 is 17.2 Å². The molecule has 1 aliphatic rings. The van der Waals surface area contributed by atoms with E-state index < -0.39 is 0 Å². The quantitative estimate of drug-likeness (QED) is 0.561. The van der Waals surface area contributed by atoms with Crippen molar-refractivity contribution in [1.29, 1.82) is 0 Å². The molecule has 0 spiro atoms. The monoisotopic (exact) mass is 258 g/mol. The van der Waals surface area contributed by atoms with E-state index in [1.807, 2.05) is 0 Å². The van der Waals surface area contributed by atoms with E-state index in [1.165, 1.54) is 12.8 Å². The standard InChI is InChI=1S/C13H26N2OS/c1-3-4-10-16-11-9-15-7-5-13(2,6-8-15)12(14)17/h3-11H2,1-2H3,(H2,14,17). The predicted octanol–water partition coefficient (Wildman–Crippen LogP) is 2.19. The highest BCUT2D eigenvalue weighted by Gasteiger charge is 2.32. The van der Waals surface area contributed by atoms with Crippen LogP contribution < -0.4 is 5.73 Å². The topological polar surface area (TPSA) is 38.5 Å². The molecule has 0 aromatic carbocycles. The Hall–Kier alpha value is -0.190. The summed E-state index contributed by atoms with van der Waals surface area (Å²) in [6.45, 7) is 9.33. The molecule has 3 nitrogen and oxygen atoms in total. The predicted molar refractivity (Wildman–Crippen MR) is 76.3 cm³/mol. The van der Waals surface area contributed by atoms with Crippen LogP contribution in [0.5, 0.6) is 0 Å². The SMILES string of the molecule is CCCCOCCN1CCC(C)(C(N)=S)CC1. The van der Waals surface area contributed by atoms with Crippen molar-refractivity contribution in [3.05, 3.63) is 0 Å². The van der Waals surface area contributed by atoms with Gasteiger partial charge in [0.25, 0.3) is 0 Å². The summed E-state index contributed by atoms with van der Waals surface area (Å²) < 4.78 is 5.58. The first-order chi connectivity index (χ1) is 8.08. The lowest BCUT2D eigenvalue weighted by Gasteiger charge is -2.38. The molecule has 17 heavy (non-hydrogen) atoms. The Labute approximate surface area is 111 Å². The molecule has 1 aliphatic heterocycles. The highest BCUT2D eigenvalue weighted by atomic mass is 32.1. The van der Waals surface area contributed by atoms with Gasteiger partial charge < -0.3 is 15.4 Å². The van der Waals surface area contributed by atoms with Gasteiger partial charge in [-0.15, -0.1) is 0 Å². The summed E-state index contributed by atoms with van der Waals surface area (Å²) in [5, 5.41) is 0. The third-order valence-electron chi connectivity index (χ3n) is 3.75. The summed E-state index contributed by atoms with van der Waals surface area (Å²) in [6, 6.07) is 0. The highest BCUT2D eigenvalue weighted by molar-refractivity contribution is 7.80. The lowest BCUT2D eigenvalue weighted by atomic mass is 9.80. The van der Waals surface area contributed by atoms with Crippen LogP contribution in [-0.2, 0) is 4.74 Å². The molecule has 2 N–H and O–H groups in total. The van der Waals surface area contributed by atoms with Crippen LogP contribution in [-0.4, -0.2) is 42.7 Å². The third kappa shape index (κ3) is 4.90. The number of nitrogens with two attached hydrogens (primary N) is 1. The first-order valence-corrected chi connectivity index (χ1v) is 7.09. The van der Waals surface area contributed by atoms with E-state index in [4.69, 9.17) is 22.7 Å². The average molecular weight is 258 g/mol. The molecule has 4 heteroatoms. The fraction of sp³-hybridized carbons (Fsp3) is 0.923. The minimum absolute atomic E-state index is 0.0783. The number of hydrogen-bond donors (Lipinski definition) is 1. The normalized spacial score (nSPS) is 20.4. The molecule has 1 fully saturated rings. The maximum atomic E-state index is 5.79. The van der Waals surface area contributed by atoms with E-state index in [0.29, 0.717) is 4.99 Å². The van der Waals surface area contributed by atoms with Gasteiger partial charge in [0.1, 0.15) is 0 Å². The minimum atomic E-state index is 0.0783. The smallest absolute Gasteiger partial charge is 0.0788 e. The van der Waals surface area contributed by atoms with Crippen LogP contribution in [0.4, 0.5) is 0 Å². The van der Waals surface area contributed by atoms with Gasteiger partial charge in [-0.25, -0.2) is 0 Å². The van der Waals surface area contributed by atoms with E-state index in [1.54, 1.807) is 0 Å². The van der Waals surface area contributed by atoms with Crippen LogP contribution >= 0.6 is 12.2 Å². The molecule has 0 aliphatic carbocycles. The van der Waals surface area contributed by atoms with Crippen LogP contribution in [0.15, 0.2) is 0 Å². The maximum absolute atomic E-state index is 5.79. The van der Waals surface area contributed by atoms with E-state index in [0.717, 1.165) is 45.7 Å². The van der Waals surface area contributed by atoms with Crippen molar-refractivity contribution in [3.8, 4) is 0 Å². The van der Waals surface area contributed by atoms with Gasteiger partial charge in [-0.2, -0.15) is 0 Å². The van der Waals surface area contributed by atoms with Gasteiger partial charge in [0.2, 0.25) is 0 Å². The van der Waals surface area contributed by atoms with Crippen LogP contribution in [0.2, 0.25) is 0 Å². The molecule has 0 amide bonds. The molecule has 1 heterocycles. The molecule has 100 valence electrons. The summed E-state index contributed by atoms with van der Waals surface area (Å²) in [5.41, 5.74) is 5.87. The lowest BCUT2D eigenvalue weighted by Crippen LogP contribution is -2.45. The Balaban J connectivity index is 2.13. The molecule has 1 saturated heterocycles. The number of ether oxygens (including phenoxy) is 1. The van der Waals surface area contributed by atoms with E-state index >= 15 is 0 Å².